The van der Waals surface area contributed by atoms with Gasteiger partial charge in [-0.15, -0.1) is 0 Å². The number of rotatable bonds is 1. The van der Waals surface area contributed by atoms with Crippen LogP contribution in [0.5, 0.6) is 0 Å². The highest BCUT2D eigenvalue weighted by atomic mass is 14.3. The molecule has 52 valence electrons. The number of allylic oxidation sites excluding steroid dienone is 1. The largest absolute Gasteiger partial charge is 0.0996 e. The van der Waals surface area contributed by atoms with E-state index in [9.17, 15) is 0 Å². The van der Waals surface area contributed by atoms with Gasteiger partial charge in [0.1, 0.15) is 0 Å². The molecule has 0 radical (unpaired) electrons. The normalized spacial score (nSPS) is 35.6. The fourth-order valence-electron chi connectivity index (χ4n) is 1.74. The lowest BCUT2D eigenvalue weighted by molar-refractivity contribution is 0.435. The van der Waals surface area contributed by atoms with Gasteiger partial charge in [-0.05, 0) is 24.7 Å². The van der Waals surface area contributed by atoms with E-state index >= 15 is 0 Å². The minimum Gasteiger partial charge on any atom is -0.0996 e. The number of hydrogen-bond acceptors (Lipinski definition) is 0. The zero-order chi connectivity index (χ0) is 6.85. The molecule has 1 saturated carbocycles. The number of hydrogen-bond donors (Lipinski definition) is 0. The monoisotopic (exact) mass is 124 g/mol. The molecule has 1 rings (SSSR count). The van der Waals surface area contributed by atoms with E-state index in [4.69, 9.17) is 0 Å². The van der Waals surface area contributed by atoms with Gasteiger partial charge in [-0.3, -0.25) is 0 Å². The van der Waals surface area contributed by atoms with Gasteiger partial charge >= 0.3 is 0 Å². The van der Waals surface area contributed by atoms with E-state index < -0.39 is 0 Å². The summed E-state index contributed by atoms with van der Waals surface area (Å²) < 4.78 is 0. The molecule has 0 amide bonds. The highest BCUT2D eigenvalue weighted by molar-refractivity contribution is 5.06. The van der Waals surface area contributed by atoms with E-state index in [-0.39, 0.29) is 0 Å². The quantitative estimate of drug-likeness (QED) is 0.471. The van der Waals surface area contributed by atoms with Crippen LogP contribution in [0.1, 0.15) is 33.1 Å². The van der Waals surface area contributed by atoms with Crippen molar-refractivity contribution in [3.05, 3.63) is 12.2 Å². The standard InChI is InChI=1S/C9H16/c1-4-9-6-5-7(2)8(9)3/h8-9H,2,4-6H2,1,3H3. The third-order valence-electron chi connectivity index (χ3n) is 2.71. The molecular formula is C9H16. The second-order valence-corrected chi connectivity index (χ2v) is 3.15. The first kappa shape index (κ1) is 6.85. The second kappa shape index (κ2) is 2.55. The summed E-state index contributed by atoms with van der Waals surface area (Å²) in [6.45, 7) is 8.62. The minimum atomic E-state index is 0.801. The van der Waals surface area contributed by atoms with Crippen LogP contribution in [0.2, 0.25) is 0 Å². The van der Waals surface area contributed by atoms with Crippen molar-refractivity contribution in [3.8, 4) is 0 Å². The molecule has 0 aromatic rings. The summed E-state index contributed by atoms with van der Waals surface area (Å²) in [5.74, 6) is 1.74. The Kier molecular flexibility index (Phi) is 1.94. The zero-order valence-electron chi connectivity index (χ0n) is 6.48. The molecule has 9 heavy (non-hydrogen) atoms. The van der Waals surface area contributed by atoms with Gasteiger partial charge in [0.25, 0.3) is 0 Å². The van der Waals surface area contributed by atoms with Gasteiger partial charge in [-0.2, -0.15) is 0 Å². The van der Waals surface area contributed by atoms with Gasteiger partial charge in [0, 0.05) is 0 Å². The lowest BCUT2D eigenvalue weighted by Gasteiger charge is -2.11. The highest BCUT2D eigenvalue weighted by Crippen LogP contribution is 2.36. The summed E-state index contributed by atoms with van der Waals surface area (Å²) in [7, 11) is 0. The molecule has 0 aromatic carbocycles. The van der Waals surface area contributed by atoms with Gasteiger partial charge in [-0.1, -0.05) is 32.4 Å². The molecule has 1 fully saturated rings. The van der Waals surface area contributed by atoms with E-state index in [1.54, 1.807) is 0 Å². The lowest BCUT2D eigenvalue weighted by Crippen LogP contribution is -2.02. The van der Waals surface area contributed by atoms with Crippen LogP contribution >= 0.6 is 0 Å². The van der Waals surface area contributed by atoms with Crippen LogP contribution in [-0.2, 0) is 0 Å². The maximum Gasteiger partial charge on any atom is -0.0206 e. The van der Waals surface area contributed by atoms with Crippen LogP contribution in [0, 0.1) is 11.8 Å². The molecule has 1 aliphatic carbocycles. The maximum atomic E-state index is 4.03. The van der Waals surface area contributed by atoms with E-state index in [1.165, 1.54) is 24.8 Å². The summed E-state index contributed by atoms with van der Waals surface area (Å²) in [4.78, 5) is 0. The van der Waals surface area contributed by atoms with E-state index in [0.717, 1.165) is 11.8 Å². The Hall–Kier alpha value is -0.260. The molecule has 0 heteroatoms. The first-order valence-electron chi connectivity index (χ1n) is 3.93. The van der Waals surface area contributed by atoms with Gasteiger partial charge in [0.05, 0.1) is 0 Å². The first-order chi connectivity index (χ1) is 4.25. The molecule has 0 saturated heterocycles. The van der Waals surface area contributed by atoms with Gasteiger partial charge in [-0.25, -0.2) is 0 Å². The van der Waals surface area contributed by atoms with Crippen molar-refractivity contribution in [2.75, 3.05) is 0 Å². The lowest BCUT2D eigenvalue weighted by atomic mass is 9.94. The highest BCUT2D eigenvalue weighted by Gasteiger charge is 2.24. The Balaban J connectivity index is 2.51. The Bertz CT molecular complexity index is 113. The molecule has 0 nitrogen and oxygen atoms in total. The fourth-order valence-corrected chi connectivity index (χ4v) is 1.74. The van der Waals surface area contributed by atoms with Crippen molar-refractivity contribution in [1.29, 1.82) is 0 Å². The Morgan fingerprint density at radius 3 is 2.56 bits per heavy atom. The molecule has 0 N–H and O–H groups in total. The van der Waals surface area contributed by atoms with E-state index in [0.29, 0.717) is 0 Å². The molecule has 2 unspecified atom stereocenters. The summed E-state index contributed by atoms with van der Waals surface area (Å²) in [6, 6.07) is 0. The summed E-state index contributed by atoms with van der Waals surface area (Å²) in [5.41, 5.74) is 1.47. The van der Waals surface area contributed by atoms with Crippen LogP contribution in [0.15, 0.2) is 12.2 Å². The SMILES string of the molecule is C=C1CCC(CC)C1C. The van der Waals surface area contributed by atoms with E-state index in [2.05, 4.69) is 20.4 Å². The third kappa shape index (κ3) is 1.17. The molecule has 0 heterocycles. The molecule has 0 spiro atoms. The van der Waals surface area contributed by atoms with Crippen LogP contribution in [0.4, 0.5) is 0 Å². The summed E-state index contributed by atoms with van der Waals surface area (Å²) in [5, 5.41) is 0. The van der Waals surface area contributed by atoms with Crippen LogP contribution in [0.25, 0.3) is 0 Å². The smallest absolute Gasteiger partial charge is 0.0206 e. The average Bonchev–Trinajstić information content (AvgIpc) is 2.15. The maximum absolute atomic E-state index is 4.03. The van der Waals surface area contributed by atoms with Crippen molar-refractivity contribution in [1.82, 2.24) is 0 Å². The topological polar surface area (TPSA) is 0 Å². The van der Waals surface area contributed by atoms with Crippen molar-refractivity contribution in [2.24, 2.45) is 11.8 Å². The molecule has 1 aliphatic rings. The van der Waals surface area contributed by atoms with Gasteiger partial charge in [0.15, 0.2) is 0 Å². The van der Waals surface area contributed by atoms with Crippen molar-refractivity contribution in [2.45, 2.75) is 33.1 Å². The fraction of sp³-hybridized carbons (Fsp3) is 0.778. The van der Waals surface area contributed by atoms with Crippen LogP contribution in [-0.4, -0.2) is 0 Å². The van der Waals surface area contributed by atoms with E-state index in [1.807, 2.05) is 0 Å². The Labute approximate surface area is 58.0 Å². The summed E-state index contributed by atoms with van der Waals surface area (Å²) >= 11 is 0. The Morgan fingerprint density at radius 1 is 1.67 bits per heavy atom. The predicted octanol–water partition coefficient (Wildman–Crippen LogP) is 3.00. The predicted molar refractivity (Wildman–Crippen MR) is 41.3 cm³/mol. The molecule has 2 atom stereocenters. The Morgan fingerprint density at radius 2 is 2.33 bits per heavy atom. The summed E-state index contributed by atoms with van der Waals surface area (Å²) in [6.07, 6.45) is 4.00. The first-order valence-corrected chi connectivity index (χ1v) is 3.93. The van der Waals surface area contributed by atoms with Gasteiger partial charge < -0.3 is 0 Å². The zero-order valence-corrected chi connectivity index (χ0v) is 6.48. The van der Waals surface area contributed by atoms with Crippen LogP contribution < -0.4 is 0 Å². The average molecular weight is 124 g/mol. The van der Waals surface area contributed by atoms with Crippen LogP contribution in [0.3, 0.4) is 0 Å². The van der Waals surface area contributed by atoms with Crippen molar-refractivity contribution < 1.29 is 0 Å². The minimum absolute atomic E-state index is 0.801. The molecule has 0 bridgehead atoms. The van der Waals surface area contributed by atoms with Crippen molar-refractivity contribution in [3.63, 3.8) is 0 Å². The molecule has 0 aliphatic heterocycles. The molecule has 0 aromatic heterocycles. The van der Waals surface area contributed by atoms with Gasteiger partial charge in [0.2, 0.25) is 0 Å². The molecular weight excluding hydrogens is 108 g/mol. The van der Waals surface area contributed by atoms with Crippen molar-refractivity contribution >= 4 is 0 Å². The third-order valence-corrected chi connectivity index (χ3v) is 2.71. The second-order valence-electron chi connectivity index (χ2n) is 3.15.